The highest BCUT2D eigenvalue weighted by molar-refractivity contribution is 5.94. The molecule has 1 aromatic carbocycles. The normalized spacial score (nSPS) is 11.1. The first-order chi connectivity index (χ1) is 16.5. The number of amides is 1. The topological polar surface area (TPSA) is 94.2 Å². The van der Waals surface area contributed by atoms with Crippen molar-refractivity contribution in [3.05, 3.63) is 48.4 Å². The lowest BCUT2D eigenvalue weighted by Gasteiger charge is -2.23. The van der Waals surface area contributed by atoms with Gasteiger partial charge in [-0.05, 0) is 43.9 Å². The average molecular weight is 474 g/mol. The second-order valence-corrected chi connectivity index (χ2v) is 7.69. The van der Waals surface area contributed by atoms with Gasteiger partial charge in [-0.25, -0.2) is 9.97 Å². The summed E-state index contributed by atoms with van der Waals surface area (Å²) in [5, 5.41) is 3.58. The summed E-state index contributed by atoms with van der Waals surface area (Å²) in [4.78, 5) is 26.8. The number of hydrogen-bond donors (Lipinski definition) is 0. The van der Waals surface area contributed by atoms with Gasteiger partial charge in [-0.1, -0.05) is 30.6 Å². The second kappa shape index (κ2) is 12.7. The first-order valence-corrected chi connectivity index (χ1v) is 11.5. The number of rotatable bonds is 13. The van der Waals surface area contributed by atoms with Crippen LogP contribution in [0.1, 0.15) is 64.1 Å². The van der Waals surface area contributed by atoms with Gasteiger partial charge in [0.05, 0.1) is 6.61 Å². The van der Waals surface area contributed by atoms with E-state index in [1.165, 1.54) is 0 Å². The van der Waals surface area contributed by atoms with Crippen LogP contribution < -0.4 is 9.64 Å². The molecular formula is C24H29F2N5O3. The summed E-state index contributed by atoms with van der Waals surface area (Å²) < 4.78 is 34.9. The van der Waals surface area contributed by atoms with Gasteiger partial charge >= 0.3 is 12.4 Å². The number of halogens is 2. The van der Waals surface area contributed by atoms with Crippen molar-refractivity contribution in [2.24, 2.45) is 0 Å². The molecule has 2 aromatic heterocycles. The van der Waals surface area contributed by atoms with Crippen molar-refractivity contribution in [3.8, 4) is 17.1 Å². The number of aryl methyl sites for hydroxylation is 1. The van der Waals surface area contributed by atoms with Crippen LogP contribution in [0.2, 0.25) is 0 Å². The monoisotopic (exact) mass is 473 g/mol. The lowest BCUT2D eigenvalue weighted by atomic mass is 10.1. The second-order valence-electron chi connectivity index (χ2n) is 7.69. The van der Waals surface area contributed by atoms with Crippen molar-refractivity contribution in [2.45, 2.75) is 58.8 Å². The molecule has 34 heavy (non-hydrogen) atoms. The van der Waals surface area contributed by atoms with E-state index in [9.17, 15) is 13.6 Å². The third-order valence-electron chi connectivity index (χ3n) is 5.11. The first-order valence-electron chi connectivity index (χ1n) is 11.5. The van der Waals surface area contributed by atoms with Gasteiger partial charge in [-0.3, -0.25) is 4.79 Å². The summed E-state index contributed by atoms with van der Waals surface area (Å²) in [5.74, 6) is -0.314. The Labute approximate surface area is 197 Å². The van der Waals surface area contributed by atoms with Crippen molar-refractivity contribution in [2.75, 3.05) is 18.1 Å². The molecule has 3 aromatic rings. The molecule has 10 heteroatoms. The lowest BCUT2D eigenvalue weighted by Crippen LogP contribution is -2.31. The highest BCUT2D eigenvalue weighted by atomic mass is 19.3. The van der Waals surface area contributed by atoms with Crippen molar-refractivity contribution in [1.29, 1.82) is 0 Å². The number of unbranched alkanes of at least 4 members (excludes halogenated alkanes) is 2. The van der Waals surface area contributed by atoms with Crippen molar-refractivity contribution >= 4 is 11.6 Å². The average Bonchev–Trinajstić information content (AvgIpc) is 3.32. The molecule has 0 atom stereocenters. The Kier molecular flexibility index (Phi) is 9.42. The predicted molar refractivity (Wildman–Crippen MR) is 123 cm³/mol. The van der Waals surface area contributed by atoms with Crippen molar-refractivity contribution in [1.82, 2.24) is 20.1 Å². The van der Waals surface area contributed by atoms with Crippen LogP contribution in [0, 0.1) is 0 Å². The van der Waals surface area contributed by atoms with E-state index in [0.29, 0.717) is 38.4 Å². The Bertz CT molecular complexity index is 1040. The minimum atomic E-state index is -2.76. The van der Waals surface area contributed by atoms with E-state index < -0.39 is 12.3 Å². The maximum Gasteiger partial charge on any atom is 0.316 e. The van der Waals surface area contributed by atoms with E-state index in [-0.39, 0.29) is 11.7 Å². The lowest BCUT2D eigenvalue weighted by molar-refractivity contribution is -0.118. The number of alkyl halides is 2. The van der Waals surface area contributed by atoms with Gasteiger partial charge in [0.2, 0.25) is 5.91 Å². The third kappa shape index (κ3) is 7.03. The summed E-state index contributed by atoms with van der Waals surface area (Å²) in [6, 6.07) is 8.05. The molecule has 0 aliphatic carbocycles. The highest BCUT2D eigenvalue weighted by Gasteiger charge is 2.17. The summed E-state index contributed by atoms with van der Waals surface area (Å²) in [6.45, 7) is 4.89. The van der Waals surface area contributed by atoms with E-state index in [1.807, 2.05) is 38.1 Å². The summed E-state index contributed by atoms with van der Waals surface area (Å²) >= 11 is 0. The largest absolute Gasteiger partial charge is 0.464 e. The zero-order valence-corrected chi connectivity index (χ0v) is 19.4. The summed E-state index contributed by atoms with van der Waals surface area (Å²) in [7, 11) is 0. The molecule has 2 heterocycles. The standard InChI is InChI=1S/C24H29F2N5O3/c1-3-9-21(32)31(13-7-5-6-12-20-29-23(22(25)26)34-30-20)19-11-8-10-17(14-19)18-15-27-24(28-16-18)33-4-2/h8,10-11,14-16,22H,3-7,9,12-13H2,1-2H3. The number of carbonyl (C=O) groups is 1. The number of ether oxygens (including phenoxy) is 1. The smallest absolute Gasteiger partial charge is 0.316 e. The van der Waals surface area contributed by atoms with Gasteiger partial charge in [0.15, 0.2) is 5.82 Å². The maximum absolute atomic E-state index is 12.8. The van der Waals surface area contributed by atoms with E-state index in [1.54, 1.807) is 17.3 Å². The number of benzene rings is 1. The Morgan fingerprint density at radius 1 is 1.12 bits per heavy atom. The van der Waals surface area contributed by atoms with Crippen LogP contribution in [0.5, 0.6) is 6.01 Å². The molecule has 0 aliphatic rings. The molecule has 0 fully saturated rings. The van der Waals surface area contributed by atoms with Crippen molar-refractivity contribution < 1.29 is 22.8 Å². The van der Waals surface area contributed by atoms with Crippen LogP contribution in [0.15, 0.2) is 41.2 Å². The molecule has 0 saturated heterocycles. The molecule has 3 rings (SSSR count). The molecule has 1 amide bonds. The van der Waals surface area contributed by atoms with Gasteiger partial charge < -0.3 is 14.2 Å². The van der Waals surface area contributed by atoms with Gasteiger partial charge in [0.25, 0.3) is 5.89 Å². The van der Waals surface area contributed by atoms with E-state index in [2.05, 4.69) is 24.6 Å². The van der Waals surface area contributed by atoms with Crippen LogP contribution in [0.25, 0.3) is 11.1 Å². The first kappa shape index (κ1) is 25.2. The predicted octanol–water partition coefficient (Wildman–Crippen LogP) is 5.41. The minimum absolute atomic E-state index is 0.0577. The van der Waals surface area contributed by atoms with Gasteiger partial charge in [-0.2, -0.15) is 13.8 Å². The summed E-state index contributed by atoms with van der Waals surface area (Å²) in [5.41, 5.74) is 2.54. The van der Waals surface area contributed by atoms with E-state index in [4.69, 9.17) is 4.74 Å². The molecule has 182 valence electrons. The molecular weight excluding hydrogens is 444 g/mol. The molecule has 0 aliphatic heterocycles. The molecule has 0 saturated carbocycles. The fourth-order valence-corrected chi connectivity index (χ4v) is 3.46. The van der Waals surface area contributed by atoms with Crippen LogP contribution in [-0.4, -0.2) is 39.2 Å². The highest BCUT2D eigenvalue weighted by Crippen LogP contribution is 2.26. The quantitative estimate of drug-likeness (QED) is 0.306. The van der Waals surface area contributed by atoms with Crippen molar-refractivity contribution in [3.63, 3.8) is 0 Å². The number of anilines is 1. The Hall–Kier alpha value is -3.43. The summed E-state index contributed by atoms with van der Waals surface area (Å²) in [6.07, 6.45) is 4.56. The van der Waals surface area contributed by atoms with Gasteiger partial charge in [0.1, 0.15) is 0 Å². The third-order valence-corrected chi connectivity index (χ3v) is 5.11. The van der Waals surface area contributed by atoms with Crippen LogP contribution >= 0.6 is 0 Å². The van der Waals surface area contributed by atoms with Gasteiger partial charge in [0, 0.05) is 43.0 Å². The Morgan fingerprint density at radius 2 is 1.91 bits per heavy atom. The number of nitrogens with zero attached hydrogens (tertiary/aromatic N) is 5. The molecule has 0 unspecified atom stereocenters. The van der Waals surface area contributed by atoms with Crippen LogP contribution in [-0.2, 0) is 11.2 Å². The molecule has 0 radical (unpaired) electrons. The van der Waals surface area contributed by atoms with E-state index >= 15 is 0 Å². The molecule has 0 N–H and O–H groups in total. The van der Waals surface area contributed by atoms with Crippen LogP contribution in [0.4, 0.5) is 14.5 Å². The fourth-order valence-electron chi connectivity index (χ4n) is 3.46. The number of carbonyl (C=O) groups excluding carboxylic acids is 1. The Balaban J connectivity index is 1.62. The van der Waals surface area contributed by atoms with Gasteiger partial charge in [-0.15, -0.1) is 0 Å². The fraction of sp³-hybridized carbons (Fsp3) is 0.458. The molecule has 8 nitrogen and oxygen atoms in total. The zero-order valence-electron chi connectivity index (χ0n) is 19.4. The SMILES string of the molecule is CCCC(=O)N(CCCCCc1noc(C(F)F)n1)c1cccc(-c2cnc(OCC)nc2)c1. The Morgan fingerprint density at radius 3 is 2.59 bits per heavy atom. The molecule has 0 spiro atoms. The van der Waals surface area contributed by atoms with E-state index in [0.717, 1.165) is 36.1 Å². The maximum atomic E-state index is 12.8. The number of hydrogen-bond acceptors (Lipinski definition) is 7. The molecule has 0 bridgehead atoms. The number of aromatic nitrogens is 4. The van der Waals surface area contributed by atoms with Crippen LogP contribution in [0.3, 0.4) is 0 Å². The zero-order chi connectivity index (χ0) is 24.3. The minimum Gasteiger partial charge on any atom is -0.464 e.